The van der Waals surface area contributed by atoms with Crippen LogP contribution in [0.5, 0.6) is 5.75 Å². The number of nitrogens with one attached hydrogen (secondary N) is 2. The molecule has 0 spiro atoms. The number of methoxy groups -OCH3 is 1. The number of para-hydroxylation sites is 1. The van der Waals surface area contributed by atoms with Gasteiger partial charge in [0.15, 0.2) is 0 Å². The summed E-state index contributed by atoms with van der Waals surface area (Å²) in [6.07, 6.45) is -0.684. The van der Waals surface area contributed by atoms with Gasteiger partial charge in [0.05, 0.1) is 7.11 Å². The third kappa shape index (κ3) is 6.51. The molecule has 0 aliphatic rings. The van der Waals surface area contributed by atoms with Crippen LogP contribution in [0.1, 0.15) is 58.7 Å². The van der Waals surface area contributed by atoms with Crippen LogP contribution >= 0.6 is 0 Å². The van der Waals surface area contributed by atoms with E-state index in [4.69, 9.17) is 9.47 Å². The molecule has 0 heterocycles. The van der Waals surface area contributed by atoms with E-state index >= 15 is 0 Å². The van der Waals surface area contributed by atoms with E-state index in [-0.39, 0.29) is 5.41 Å². The van der Waals surface area contributed by atoms with Gasteiger partial charge in [-0.15, -0.1) is 0 Å². The topological polar surface area (TPSA) is 76.7 Å². The standard InChI is InChI=1S/C24H32N2O4/c1-23(2,3)16-12-14-17(15-13-16)25-21(27)20(26-22(28)30-24(4,5)6)18-10-8-9-11-19(18)29-7/h8-15,20H,1-7H3,(H,25,27)(H,26,28)/t20-/m1/s1. The second kappa shape index (κ2) is 9.20. The third-order valence-electron chi connectivity index (χ3n) is 4.39. The van der Waals surface area contributed by atoms with Gasteiger partial charge in [-0.05, 0) is 49.9 Å². The van der Waals surface area contributed by atoms with Gasteiger partial charge in [-0.25, -0.2) is 4.79 Å². The van der Waals surface area contributed by atoms with Crippen molar-refractivity contribution in [2.45, 2.75) is 58.6 Å². The normalized spacial score (nSPS) is 12.6. The Hall–Kier alpha value is -3.02. The van der Waals surface area contributed by atoms with Crippen molar-refractivity contribution >= 4 is 17.7 Å². The lowest BCUT2D eigenvalue weighted by Gasteiger charge is -2.24. The van der Waals surface area contributed by atoms with Crippen LogP contribution in [0.2, 0.25) is 0 Å². The predicted octanol–water partition coefficient (Wildman–Crippen LogP) is 5.20. The molecule has 0 saturated heterocycles. The second-order valence-corrected chi connectivity index (χ2v) is 9.14. The third-order valence-corrected chi connectivity index (χ3v) is 4.39. The maximum atomic E-state index is 13.1. The molecular weight excluding hydrogens is 380 g/mol. The first-order chi connectivity index (χ1) is 13.9. The Balaban J connectivity index is 2.29. The predicted molar refractivity (Wildman–Crippen MR) is 119 cm³/mol. The van der Waals surface area contributed by atoms with Crippen LogP contribution in [-0.4, -0.2) is 24.7 Å². The van der Waals surface area contributed by atoms with Crippen LogP contribution < -0.4 is 15.4 Å². The zero-order valence-electron chi connectivity index (χ0n) is 18.8. The highest BCUT2D eigenvalue weighted by molar-refractivity contribution is 5.97. The van der Waals surface area contributed by atoms with Crippen LogP contribution in [0, 0.1) is 0 Å². The first kappa shape index (κ1) is 23.3. The number of carbonyl (C=O) groups is 2. The highest BCUT2D eigenvalue weighted by Gasteiger charge is 2.28. The highest BCUT2D eigenvalue weighted by Crippen LogP contribution is 2.27. The first-order valence-corrected chi connectivity index (χ1v) is 9.94. The van der Waals surface area contributed by atoms with E-state index in [9.17, 15) is 9.59 Å². The lowest BCUT2D eigenvalue weighted by Crippen LogP contribution is -2.40. The fourth-order valence-corrected chi connectivity index (χ4v) is 2.88. The molecule has 0 aliphatic carbocycles. The van der Waals surface area contributed by atoms with Gasteiger partial charge >= 0.3 is 6.09 Å². The molecule has 2 aromatic carbocycles. The quantitative estimate of drug-likeness (QED) is 0.708. The van der Waals surface area contributed by atoms with E-state index in [0.717, 1.165) is 5.56 Å². The van der Waals surface area contributed by atoms with E-state index in [0.29, 0.717) is 17.0 Å². The van der Waals surface area contributed by atoms with Crippen LogP contribution in [0.3, 0.4) is 0 Å². The lowest BCUT2D eigenvalue weighted by atomic mass is 9.87. The van der Waals surface area contributed by atoms with Crippen molar-refractivity contribution in [3.05, 3.63) is 59.7 Å². The summed E-state index contributed by atoms with van der Waals surface area (Å²) in [5.41, 5.74) is 1.66. The molecule has 2 N–H and O–H groups in total. The summed E-state index contributed by atoms with van der Waals surface area (Å²) in [5, 5.41) is 5.54. The summed E-state index contributed by atoms with van der Waals surface area (Å²) < 4.78 is 10.7. The maximum absolute atomic E-state index is 13.1. The van der Waals surface area contributed by atoms with Crippen molar-refractivity contribution in [1.82, 2.24) is 5.32 Å². The Morgan fingerprint density at radius 3 is 2.03 bits per heavy atom. The van der Waals surface area contributed by atoms with Crippen LogP contribution in [-0.2, 0) is 14.9 Å². The smallest absolute Gasteiger partial charge is 0.408 e. The summed E-state index contributed by atoms with van der Waals surface area (Å²) in [4.78, 5) is 25.5. The molecule has 6 nitrogen and oxygen atoms in total. The van der Waals surface area contributed by atoms with Gasteiger partial charge in [0.1, 0.15) is 17.4 Å². The fraction of sp³-hybridized carbons (Fsp3) is 0.417. The molecule has 6 heteroatoms. The molecule has 0 bridgehead atoms. The van der Waals surface area contributed by atoms with Crippen molar-refractivity contribution in [1.29, 1.82) is 0 Å². The van der Waals surface area contributed by atoms with E-state index in [2.05, 4.69) is 31.4 Å². The Bertz CT molecular complexity index is 877. The largest absolute Gasteiger partial charge is 0.496 e. The number of benzene rings is 2. The number of anilines is 1. The molecule has 162 valence electrons. The lowest BCUT2D eigenvalue weighted by molar-refractivity contribution is -0.118. The van der Waals surface area contributed by atoms with E-state index in [1.165, 1.54) is 7.11 Å². The fourth-order valence-electron chi connectivity index (χ4n) is 2.88. The van der Waals surface area contributed by atoms with Crippen LogP contribution in [0.25, 0.3) is 0 Å². The number of hydrogen-bond acceptors (Lipinski definition) is 4. The number of alkyl carbamates (subject to hydrolysis) is 1. The molecule has 1 atom stereocenters. The summed E-state index contributed by atoms with van der Waals surface area (Å²) >= 11 is 0. The number of carbonyl (C=O) groups excluding carboxylic acids is 2. The van der Waals surface area contributed by atoms with Crippen molar-refractivity contribution < 1.29 is 19.1 Å². The average molecular weight is 413 g/mol. The van der Waals surface area contributed by atoms with Gasteiger partial charge in [0.2, 0.25) is 0 Å². The number of hydrogen-bond donors (Lipinski definition) is 2. The van der Waals surface area contributed by atoms with E-state index in [1.807, 2.05) is 24.3 Å². The SMILES string of the molecule is COc1ccccc1[C@@H](NC(=O)OC(C)(C)C)C(=O)Nc1ccc(C(C)(C)C)cc1. The Morgan fingerprint density at radius 1 is 0.900 bits per heavy atom. The first-order valence-electron chi connectivity index (χ1n) is 9.94. The van der Waals surface area contributed by atoms with Gasteiger partial charge in [0, 0.05) is 11.3 Å². The van der Waals surface area contributed by atoms with Crippen molar-refractivity contribution in [3.63, 3.8) is 0 Å². The molecule has 0 fully saturated rings. The van der Waals surface area contributed by atoms with Gasteiger partial charge in [0.25, 0.3) is 5.91 Å². The highest BCUT2D eigenvalue weighted by atomic mass is 16.6. The Labute approximate surface area is 179 Å². The molecule has 0 aliphatic heterocycles. The molecule has 2 aromatic rings. The van der Waals surface area contributed by atoms with Crippen LogP contribution in [0.4, 0.5) is 10.5 Å². The van der Waals surface area contributed by atoms with Crippen LogP contribution in [0.15, 0.2) is 48.5 Å². The minimum Gasteiger partial charge on any atom is -0.496 e. The van der Waals surface area contributed by atoms with Gasteiger partial charge in [-0.1, -0.05) is 51.1 Å². The number of amides is 2. The van der Waals surface area contributed by atoms with Gasteiger partial charge in [-0.3, -0.25) is 4.79 Å². The zero-order valence-corrected chi connectivity index (χ0v) is 18.8. The van der Waals surface area contributed by atoms with E-state index < -0.39 is 23.6 Å². The van der Waals surface area contributed by atoms with Crippen molar-refractivity contribution in [2.24, 2.45) is 0 Å². The average Bonchev–Trinajstić information content (AvgIpc) is 2.64. The Kier molecular flexibility index (Phi) is 7.13. The summed E-state index contributed by atoms with van der Waals surface area (Å²) in [7, 11) is 1.52. The van der Waals surface area contributed by atoms with Gasteiger partial charge in [-0.2, -0.15) is 0 Å². The minimum atomic E-state index is -0.988. The minimum absolute atomic E-state index is 0.0146. The molecule has 2 rings (SSSR count). The van der Waals surface area contributed by atoms with Crippen molar-refractivity contribution in [2.75, 3.05) is 12.4 Å². The summed E-state index contributed by atoms with van der Waals surface area (Å²) in [5.74, 6) is 0.102. The molecule has 0 aromatic heterocycles. The molecule has 0 radical (unpaired) electrons. The van der Waals surface area contributed by atoms with Crippen molar-refractivity contribution in [3.8, 4) is 5.75 Å². The molecule has 0 unspecified atom stereocenters. The van der Waals surface area contributed by atoms with Gasteiger partial charge < -0.3 is 20.1 Å². The molecule has 0 saturated carbocycles. The molecule has 2 amide bonds. The van der Waals surface area contributed by atoms with E-state index in [1.54, 1.807) is 45.0 Å². The second-order valence-electron chi connectivity index (χ2n) is 9.14. The Morgan fingerprint density at radius 2 is 1.50 bits per heavy atom. The molecular formula is C24H32N2O4. The number of rotatable bonds is 5. The zero-order chi connectivity index (χ0) is 22.5. The monoisotopic (exact) mass is 412 g/mol. The number of ether oxygens (including phenoxy) is 2. The maximum Gasteiger partial charge on any atom is 0.408 e. The summed E-state index contributed by atoms with van der Waals surface area (Å²) in [6.45, 7) is 11.7. The molecule has 30 heavy (non-hydrogen) atoms. The summed E-state index contributed by atoms with van der Waals surface area (Å²) in [6, 6.07) is 13.7.